The number of piperazine rings is 1. The fourth-order valence-corrected chi connectivity index (χ4v) is 4.43. The van der Waals surface area contributed by atoms with Gasteiger partial charge in [-0.1, -0.05) is 42.5 Å². The van der Waals surface area contributed by atoms with Gasteiger partial charge in [0.15, 0.2) is 5.82 Å². The highest BCUT2D eigenvalue weighted by molar-refractivity contribution is 8.00. The van der Waals surface area contributed by atoms with Gasteiger partial charge in [0.1, 0.15) is 5.75 Å². The smallest absolute Gasteiger partial charge is 0.344 e. The fourth-order valence-electron chi connectivity index (χ4n) is 3.87. The van der Waals surface area contributed by atoms with Gasteiger partial charge in [-0.15, -0.1) is 5.10 Å². The maximum Gasteiger partial charge on any atom is 0.344 e. The number of methoxy groups -OCH3 is 1. The lowest BCUT2D eigenvalue weighted by atomic mass is 10.0. The summed E-state index contributed by atoms with van der Waals surface area (Å²) in [5, 5.41) is 4.18. The molecule has 33 heavy (non-hydrogen) atoms. The largest absolute Gasteiger partial charge is 0.496 e. The van der Waals surface area contributed by atoms with Gasteiger partial charge in [0.2, 0.25) is 0 Å². The Hall–Kier alpha value is -3.30. The molecule has 1 N–H and O–H groups in total. The molecule has 174 valence electrons. The summed E-state index contributed by atoms with van der Waals surface area (Å²) in [5.74, 6) is 4.78. The van der Waals surface area contributed by atoms with Crippen molar-refractivity contribution >= 4 is 27.4 Å². The molecule has 0 radical (unpaired) electrons. The van der Waals surface area contributed by atoms with Crippen LogP contribution in [0.2, 0.25) is 0 Å². The first-order valence-electron chi connectivity index (χ1n) is 10.7. The van der Waals surface area contributed by atoms with E-state index in [1.165, 1.54) is 10.9 Å². The van der Waals surface area contributed by atoms with Crippen LogP contribution in [0.5, 0.6) is 5.75 Å². The second-order valence-corrected chi connectivity index (χ2v) is 10.4. The van der Waals surface area contributed by atoms with E-state index in [2.05, 4.69) is 50.9 Å². The molecule has 2 aromatic carbocycles. The van der Waals surface area contributed by atoms with Gasteiger partial charge in [0.25, 0.3) is 0 Å². The number of ether oxygens (including phenoxy) is 1. The number of rotatable bonds is 6. The SMILES string of the molecule is C=S(C)(=O)Nc1ccn(C(=O)N2CCN(Cc3ccc(-c4ccccc4)cc3OC)CC2)n1. The first kappa shape index (κ1) is 22.9. The minimum Gasteiger partial charge on any atom is -0.496 e. The minimum absolute atomic E-state index is 0.195. The summed E-state index contributed by atoms with van der Waals surface area (Å²) in [7, 11) is -0.746. The zero-order valence-electron chi connectivity index (χ0n) is 18.9. The molecular weight excluding hydrogens is 438 g/mol. The molecule has 1 aromatic heterocycles. The first-order chi connectivity index (χ1) is 15.8. The number of nitrogens with one attached hydrogen (secondary N) is 1. The predicted octanol–water partition coefficient (Wildman–Crippen LogP) is 3.02. The molecule has 0 saturated carbocycles. The lowest BCUT2D eigenvalue weighted by Gasteiger charge is -2.34. The van der Waals surface area contributed by atoms with Crippen molar-refractivity contribution in [2.24, 2.45) is 0 Å². The number of carbonyl (C=O) groups is 1. The van der Waals surface area contributed by atoms with Gasteiger partial charge in [0.05, 0.1) is 7.11 Å². The fraction of sp³-hybridized carbons (Fsp3) is 0.292. The van der Waals surface area contributed by atoms with Crippen molar-refractivity contribution in [3.8, 4) is 16.9 Å². The van der Waals surface area contributed by atoms with Crippen LogP contribution in [0.3, 0.4) is 0 Å². The first-order valence-corrected chi connectivity index (χ1v) is 12.9. The highest BCUT2D eigenvalue weighted by atomic mass is 32.2. The topological polar surface area (TPSA) is 79.7 Å². The number of benzene rings is 2. The Morgan fingerprint density at radius 1 is 1.09 bits per heavy atom. The molecule has 0 aliphatic carbocycles. The average molecular weight is 468 g/mol. The number of aromatic nitrogens is 2. The Morgan fingerprint density at radius 2 is 1.82 bits per heavy atom. The van der Waals surface area contributed by atoms with Gasteiger partial charge in [-0.25, -0.2) is 9.00 Å². The van der Waals surface area contributed by atoms with E-state index in [1.807, 2.05) is 18.2 Å². The highest BCUT2D eigenvalue weighted by Crippen LogP contribution is 2.28. The summed E-state index contributed by atoms with van der Waals surface area (Å²) in [6.07, 6.45) is 3.05. The molecule has 1 saturated heterocycles. The van der Waals surface area contributed by atoms with E-state index in [-0.39, 0.29) is 6.03 Å². The Kier molecular flexibility index (Phi) is 6.71. The van der Waals surface area contributed by atoms with Crippen molar-refractivity contribution in [3.05, 3.63) is 66.4 Å². The summed E-state index contributed by atoms with van der Waals surface area (Å²) >= 11 is 0. The van der Waals surface area contributed by atoms with Crippen molar-refractivity contribution < 1.29 is 13.7 Å². The molecule has 1 atom stereocenters. The lowest BCUT2D eigenvalue weighted by molar-refractivity contribution is 0.134. The molecule has 1 fully saturated rings. The molecule has 1 aliphatic rings. The van der Waals surface area contributed by atoms with Crippen molar-refractivity contribution in [1.29, 1.82) is 0 Å². The Labute approximate surface area is 194 Å². The van der Waals surface area contributed by atoms with E-state index in [0.29, 0.717) is 18.9 Å². The molecule has 4 rings (SSSR count). The number of hydrogen-bond donors (Lipinski definition) is 1. The van der Waals surface area contributed by atoms with E-state index < -0.39 is 9.71 Å². The van der Waals surface area contributed by atoms with Crippen LogP contribution in [0.25, 0.3) is 11.1 Å². The molecular formula is C24H29N5O3S. The number of hydrogen-bond acceptors (Lipinski definition) is 5. The summed E-state index contributed by atoms with van der Waals surface area (Å²) < 4.78 is 21.4. The van der Waals surface area contributed by atoms with Crippen molar-refractivity contribution in [2.75, 3.05) is 44.3 Å². The molecule has 1 aliphatic heterocycles. The third-order valence-corrected chi connectivity index (χ3v) is 6.18. The van der Waals surface area contributed by atoms with Crippen LogP contribution < -0.4 is 9.46 Å². The Balaban J connectivity index is 1.36. The summed E-state index contributed by atoms with van der Waals surface area (Å²) in [4.78, 5) is 16.9. The molecule has 1 unspecified atom stereocenters. The van der Waals surface area contributed by atoms with E-state index in [1.54, 1.807) is 24.3 Å². The molecule has 3 aromatic rings. The Morgan fingerprint density at radius 3 is 2.48 bits per heavy atom. The quantitative estimate of drug-likeness (QED) is 0.564. The predicted molar refractivity (Wildman–Crippen MR) is 133 cm³/mol. The third-order valence-electron chi connectivity index (χ3n) is 5.54. The Bertz CT molecular complexity index is 1220. The highest BCUT2D eigenvalue weighted by Gasteiger charge is 2.23. The van der Waals surface area contributed by atoms with Gasteiger partial charge >= 0.3 is 6.03 Å². The van der Waals surface area contributed by atoms with Crippen LogP contribution in [0, 0.1) is 0 Å². The second kappa shape index (κ2) is 9.68. The average Bonchev–Trinajstić information content (AvgIpc) is 3.26. The second-order valence-electron chi connectivity index (χ2n) is 8.19. The monoisotopic (exact) mass is 467 g/mol. The van der Waals surface area contributed by atoms with Gasteiger partial charge < -0.3 is 9.64 Å². The van der Waals surface area contributed by atoms with Crippen molar-refractivity contribution in [1.82, 2.24) is 19.6 Å². The van der Waals surface area contributed by atoms with Gasteiger partial charge in [-0.2, -0.15) is 4.68 Å². The minimum atomic E-state index is -2.44. The zero-order valence-corrected chi connectivity index (χ0v) is 19.8. The number of carbonyl (C=O) groups excluding carboxylic acids is 1. The molecule has 0 bridgehead atoms. The van der Waals surface area contributed by atoms with Crippen LogP contribution in [-0.4, -0.2) is 75.2 Å². The molecule has 8 nitrogen and oxygen atoms in total. The maximum atomic E-state index is 12.8. The van der Waals surface area contributed by atoms with E-state index in [9.17, 15) is 9.00 Å². The normalized spacial score (nSPS) is 16.2. The number of anilines is 1. The van der Waals surface area contributed by atoms with Crippen molar-refractivity contribution in [2.45, 2.75) is 6.54 Å². The molecule has 2 heterocycles. The molecule has 9 heteroatoms. The third kappa shape index (κ3) is 5.74. The van der Waals surface area contributed by atoms with Crippen LogP contribution in [0.4, 0.5) is 10.6 Å². The standard InChI is InChI=1S/C24H29N5O3S/c1-32-22-17-20(19-7-5-4-6-8-19)9-10-21(22)18-27-13-15-28(16-14-27)24(30)29-12-11-23(25-29)26-33(2,3)31/h4-12,17H,2,13-16,18H2,1,3H3,(H,25,26,31). The van der Waals surface area contributed by atoms with Gasteiger partial charge in [0, 0.05) is 66.5 Å². The van der Waals surface area contributed by atoms with Crippen molar-refractivity contribution in [3.63, 3.8) is 0 Å². The van der Waals surface area contributed by atoms with Crippen LogP contribution in [0.1, 0.15) is 5.56 Å². The van der Waals surface area contributed by atoms with Crippen LogP contribution >= 0.6 is 0 Å². The van der Waals surface area contributed by atoms with Gasteiger partial charge in [-0.05, 0) is 23.1 Å². The van der Waals surface area contributed by atoms with E-state index in [4.69, 9.17) is 4.74 Å². The summed E-state index contributed by atoms with van der Waals surface area (Å²) in [6, 6.07) is 18.0. The van der Waals surface area contributed by atoms with Crippen LogP contribution in [0.15, 0.2) is 60.8 Å². The molecule has 1 amide bonds. The summed E-state index contributed by atoms with van der Waals surface area (Å²) in [5.41, 5.74) is 3.40. The van der Waals surface area contributed by atoms with Crippen LogP contribution in [-0.2, 0) is 16.3 Å². The zero-order chi connectivity index (χ0) is 23.4. The van der Waals surface area contributed by atoms with Gasteiger partial charge in [-0.3, -0.25) is 9.62 Å². The van der Waals surface area contributed by atoms with E-state index in [0.717, 1.165) is 42.1 Å². The number of amides is 1. The lowest BCUT2D eigenvalue weighted by Crippen LogP contribution is -2.49. The van der Waals surface area contributed by atoms with E-state index >= 15 is 0 Å². The molecule has 0 spiro atoms. The summed E-state index contributed by atoms with van der Waals surface area (Å²) in [6.45, 7) is 3.47. The number of nitrogens with zero attached hydrogens (tertiary/aromatic N) is 4. The maximum absolute atomic E-state index is 12.8.